The van der Waals surface area contributed by atoms with Crippen LogP contribution in [0.3, 0.4) is 0 Å². The van der Waals surface area contributed by atoms with Crippen LogP contribution in [0, 0.1) is 0 Å². The van der Waals surface area contributed by atoms with E-state index in [1.807, 2.05) is 11.8 Å². The molecule has 72 valence electrons. The lowest BCUT2D eigenvalue weighted by Crippen LogP contribution is -2.38. The van der Waals surface area contributed by atoms with Gasteiger partial charge in [0.05, 0.1) is 0 Å². The third-order valence-electron chi connectivity index (χ3n) is 1.29. The van der Waals surface area contributed by atoms with Crippen molar-refractivity contribution < 1.29 is 9.90 Å². The van der Waals surface area contributed by atoms with Crippen LogP contribution in [0.5, 0.6) is 0 Å². The number of aliphatic hydroxyl groups is 1. The van der Waals surface area contributed by atoms with Crippen molar-refractivity contribution in [2.24, 2.45) is 5.73 Å². The molecule has 0 aromatic carbocycles. The number of hydrogen-bond donors (Lipinski definition) is 3. The first-order valence-electron chi connectivity index (χ1n) is 3.94. The van der Waals surface area contributed by atoms with Crippen LogP contribution < -0.4 is 11.1 Å². The highest BCUT2D eigenvalue weighted by molar-refractivity contribution is 7.99. The first-order chi connectivity index (χ1) is 5.68. The van der Waals surface area contributed by atoms with Crippen LogP contribution in [-0.4, -0.2) is 41.7 Å². The first-order valence-corrected chi connectivity index (χ1v) is 5.09. The smallest absolute Gasteiger partial charge is 0.247 e. The summed E-state index contributed by atoms with van der Waals surface area (Å²) in [6.45, 7) is 3.13. The van der Waals surface area contributed by atoms with Gasteiger partial charge in [0.1, 0.15) is 6.10 Å². The highest BCUT2D eigenvalue weighted by Crippen LogP contribution is 1.94. The van der Waals surface area contributed by atoms with Gasteiger partial charge in [-0.2, -0.15) is 11.8 Å². The molecule has 0 heterocycles. The molecule has 5 heteroatoms. The molecule has 1 amide bonds. The molecule has 4 N–H and O–H groups in total. The van der Waals surface area contributed by atoms with Crippen molar-refractivity contribution in [2.45, 2.75) is 13.0 Å². The molecule has 0 spiro atoms. The number of carbonyl (C=O) groups is 1. The van der Waals surface area contributed by atoms with E-state index in [1.165, 1.54) is 0 Å². The Bertz CT molecular complexity index is 133. The summed E-state index contributed by atoms with van der Waals surface area (Å²) >= 11 is 1.81. The van der Waals surface area contributed by atoms with E-state index < -0.39 is 12.0 Å². The number of aliphatic hydroxyl groups excluding tert-OH is 1. The molecule has 0 aliphatic rings. The number of primary amides is 1. The van der Waals surface area contributed by atoms with E-state index in [9.17, 15) is 4.79 Å². The fourth-order valence-electron chi connectivity index (χ4n) is 0.628. The first kappa shape index (κ1) is 11.7. The lowest BCUT2D eigenvalue weighted by atomic mass is 10.3. The van der Waals surface area contributed by atoms with Crippen LogP contribution >= 0.6 is 11.8 Å². The highest BCUT2D eigenvalue weighted by atomic mass is 32.2. The van der Waals surface area contributed by atoms with E-state index in [2.05, 4.69) is 12.2 Å². The number of amides is 1. The summed E-state index contributed by atoms with van der Waals surface area (Å²) < 4.78 is 0. The second-order valence-electron chi connectivity index (χ2n) is 2.32. The lowest BCUT2D eigenvalue weighted by molar-refractivity contribution is -0.125. The lowest BCUT2D eigenvalue weighted by Gasteiger charge is -2.07. The molecule has 0 aromatic rings. The summed E-state index contributed by atoms with van der Waals surface area (Å²) in [4.78, 5) is 10.3. The third-order valence-corrected chi connectivity index (χ3v) is 2.19. The fourth-order valence-corrected chi connectivity index (χ4v) is 1.21. The normalized spacial score (nSPS) is 12.8. The van der Waals surface area contributed by atoms with Crippen molar-refractivity contribution in [3.05, 3.63) is 0 Å². The Labute approximate surface area is 76.9 Å². The van der Waals surface area contributed by atoms with Crippen LogP contribution in [-0.2, 0) is 4.79 Å². The number of nitrogens with one attached hydrogen (secondary N) is 1. The molecule has 4 nitrogen and oxygen atoms in total. The Kier molecular flexibility index (Phi) is 7.23. The molecule has 1 unspecified atom stereocenters. The van der Waals surface area contributed by atoms with E-state index in [0.717, 1.165) is 18.1 Å². The van der Waals surface area contributed by atoms with Gasteiger partial charge in [-0.3, -0.25) is 4.79 Å². The van der Waals surface area contributed by atoms with E-state index in [0.29, 0.717) is 0 Å². The number of hydrogen-bond acceptors (Lipinski definition) is 4. The molecule has 0 fully saturated rings. The van der Waals surface area contributed by atoms with Gasteiger partial charge in [-0.1, -0.05) is 6.92 Å². The third kappa shape index (κ3) is 6.45. The summed E-state index contributed by atoms with van der Waals surface area (Å²) in [6, 6.07) is 0. The van der Waals surface area contributed by atoms with Crippen LogP contribution in [0.1, 0.15) is 6.92 Å². The van der Waals surface area contributed by atoms with Gasteiger partial charge >= 0.3 is 0 Å². The Morgan fingerprint density at radius 3 is 2.92 bits per heavy atom. The molecule has 0 aliphatic heterocycles. The maximum Gasteiger partial charge on any atom is 0.247 e. The summed E-state index contributed by atoms with van der Waals surface area (Å²) in [5.74, 6) is 1.40. The van der Waals surface area contributed by atoms with Crippen molar-refractivity contribution in [3.63, 3.8) is 0 Å². The Morgan fingerprint density at radius 1 is 1.75 bits per heavy atom. The zero-order valence-electron chi connectivity index (χ0n) is 7.25. The topological polar surface area (TPSA) is 75.3 Å². The zero-order valence-corrected chi connectivity index (χ0v) is 8.06. The molecule has 0 aliphatic carbocycles. The van der Waals surface area contributed by atoms with Gasteiger partial charge in [0.2, 0.25) is 5.91 Å². The summed E-state index contributed by atoms with van der Waals surface area (Å²) in [5, 5.41) is 11.9. The zero-order chi connectivity index (χ0) is 9.40. The predicted molar refractivity (Wildman–Crippen MR) is 51.1 cm³/mol. The van der Waals surface area contributed by atoms with Crippen LogP contribution in [0.4, 0.5) is 0 Å². The minimum atomic E-state index is -1.06. The highest BCUT2D eigenvalue weighted by Gasteiger charge is 2.08. The molecule has 0 radical (unpaired) electrons. The van der Waals surface area contributed by atoms with Gasteiger partial charge in [-0.05, 0) is 5.75 Å². The number of rotatable bonds is 7. The van der Waals surface area contributed by atoms with Crippen molar-refractivity contribution in [1.29, 1.82) is 0 Å². The molecule has 0 bridgehead atoms. The average molecular weight is 192 g/mol. The molecular formula is C7H16N2O2S. The van der Waals surface area contributed by atoms with E-state index in [4.69, 9.17) is 10.8 Å². The van der Waals surface area contributed by atoms with Gasteiger partial charge in [0.15, 0.2) is 0 Å². The molecule has 0 aromatic heterocycles. The fraction of sp³-hybridized carbons (Fsp3) is 0.857. The number of nitrogens with two attached hydrogens (primary N) is 1. The Balaban J connectivity index is 3.14. The van der Waals surface area contributed by atoms with Crippen LogP contribution in [0.15, 0.2) is 0 Å². The van der Waals surface area contributed by atoms with Gasteiger partial charge in [0, 0.05) is 18.8 Å². The standard InChI is InChI=1S/C7H16N2O2S/c1-2-12-4-3-9-5-6(10)7(8)11/h6,9-10H,2-5H2,1H3,(H2,8,11). The summed E-state index contributed by atoms with van der Waals surface area (Å²) in [7, 11) is 0. The van der Waals surface area contributed by atoms with E-state index >= 15 is 0 Å². The summed E-state index contributed by atoms with van der Waals surface area (Å²) in [5.41, 5.74) is 4.84. The van der Waals surface area contributed by atoms with Gasteiger partial charge < -0.3 is 16.2 Å². The van der Waals surface area contributed by atoms with E-state index in [-0.39, 0.29) is 6.54 Å². The van der Waals surface area contributed by atoms with Crippen LogP contribution in [0.25, 0.3) is 0 Å². The van der Waals surface area contributed by atoms with Gasteiger partial charge in [-0.25, -0.2) is 0 Å². The second kappa shape index (κ2) is 7.39. The summed E-state index contributed by atoms with van der Waals surface area (Å²) in [6.07, 6.45) is -1.06. The molecule has 12 heavy (non-hydrogen) atoms. The molecule has 0 saturated heterocycles. The van der Waals surface area contributed by atoms with Crippen molar-refractivity contribution in [1.82, 2.24) is 5.32 Å². The molecule has 0 saturated carbocycles. The maximum absolute atomic E-state index is 10.3. The SMILES string of the molecule is CCSCCNCC(O)C(N)=O. The van der Waals surface area contributed by atoms with Crippen molar-refractivity contribution >= 4 is 17.7 Å². The Morgan fingerprint density at radius 2 is 2.42 bits per heavy atom. The van der Waals surface area contributed by atoms with E-state index in [1.54, 1.807) is 0 Å². The van der Waals surface area contributed by atoms with Crippen LogP contribution in [0.2, 0.25) is 0 Å². The number of carbonyl (C=O) groups excluding carboxylic acids is 1. The van der Waals surface area contributed by atoms with Crippen molar-refractivity contribution in [3.8, 4) is 0 Å². The Hall–Kier alpha value is -0.260. The molecular weight excluding hydrogens is 176 g/mol. The quantitative estimate of drug-likeness (QED) is 0.460. The monoisotopic (exact) mass is 192 g/mol. The largest absolute Gasteiger partial charge is 0.382 e. The molecule has 1 atom stereocenters. The predicted octanol–water partition coefficient (Wildman–Crippen LogP) is -0.825. The second-order valence-corrected chi connectivity index (χ2v) is 3.71. The minimum Gasteiger partial charge on any atom is -0.382 e. The van der Waals surface area contributed by atoms with Gasteiger partial charge in [-0.15, -0.1) is 0 Å². The molecule has 0 rings (SSSR count). The maximum atomic E-state index is 10.3. The van der Waals surface area contributed by atoms with Crippen molar-refractivity contribution in [2.75, 3.05) is 24.6 Å². The van der Waals surface area contributed by atoms with Gasteiger partial charge in [0.25, 0.3) is 0 Å². The average Bonchev–Trinajstić information content (AvgIpc) is 2.03. The number of thioether (sulfide) groups is 1. The minimum absolute atomic E-state index is 0.250.